The van der Waals surface area contributed by atoms with Gasteiger partial charge in [-0.2, -0.15) is 0 Å². The van der Waals surface area contributed by atoms with Crippen LogP contribution < -0.4 is 5.32 Å². The number of aromatic nitrogens is 1. The van der Waals surface area contributed by atoms with Crippen molar-refractivity contribution in [2.24, 2.45) is 0 Å². The second kappa shape index (κ2) is 7.56. The van der Waals surface area contributed by atoms with Crippen LogP contribution in [-0.4, -0.2) is 25.2 Å². The second-order valence-corrected chi connectivity index (χ2v) is 6.82. The fourth-order valence-corrected chi connectivity index (χ4v) is 3.42. The predicted molar refractivity (Wildman–Crippen MR) is 89.8 cm³/mol. The van der Waals surface area contributed by atoms with Crippen LogP contribution in [0.2, 0.25) is 10.0 Å². The van der Waals surface area contributed by atoms with Gasteiger partial charge in [-0.15, -0.1) is 11.3 Å². The van der Waals surface area contributed by atoms with Crippen LogP contribution in [-0.2, 0) is 4.74 Å². The monoisotopic (exact) mass is 344 g/mol. The van der Waals surface area contributed by atoms with Gasteiger partial charge in [0.15, 0.2) is 0 Å². The van der Waals surface area contributed by atoms with Crippen molar-refractivity contribution in [3.63, 3.8) is 0 Å². The van der Waals surface area contributed by atoms with E-state index in [1.165, 1.54) is 4.88 Å². The van der Waals surface area contributed by atoms with Crippen molar-refractivity contribution in [2.45, 2.75) is 19.9 Å². The van der Waals surface area contributed by atoms with Crippen LogP contribution in [0.4, 0.5) is 0 Å². The molecule has 0 fully saturated rings. The van der Waals surface area contributed by atoms with Crippen LogP contribution in [0.25, 0.3) is 0 Å². The zero-order valence-electron chi connectivity index (χ0n) is 12.2. The number of hydrogen-bond acceptors (Lipinski definition) is 4. The summed E-state index contributed by atoms with van der Waals surface area (Å²) in [5.74, 6) is 0. The normalized spacial score (nSPS) is 12.6. The third-order valence-corrected chi connectivity index (χ3v) is 4.93. The summed E-state index contributed by atoms with van der Waals surface area (Å²) >= 11 is 14.1. The topological polar surface area (TPSA) is 34.1 Å². The molecular formula is C15H18Cl2N2OS. The first-order chi connectivity index (χ1) is 10.0. The van der Waals surface area contributed by atoms with Gasteiger partial charge in [0.05, 0.1) is 18.3 Å². The highest BCUT2D eigenvalue weighted by atomic mass is 35.5. The van der Waals surface area contributed by atoms with Gasteiger partial charge in [-0.25, -0.2) is 4.98 Å². The van der Waals surface area contributed by atoms with Crippen LogP contribution in [0.15, 0.2) is 18.2 Å². The summed E-state index contributed by atoms with van der Waals surface area (Å²) in [6, 6.07) is 5.42. The van der Waals surface area contributed by atoms with Gasteiger partial charge in [0.25, 0.3) is 0 Å². The zero-order valence-corrected chi connectivity index (χ0v) is 14.6. The Kier molecular flexibility index (Phi) is 6.02. The maximum Gasteiger partial charge on any atom is 0.115 e. The Hall–Kier alpha value is -0.650. The van der Waals surface area contributed by atoms with E-state index in [9.17, 15) is 0 Å². The van der Waals surface area contributed by atoms with Crippen LogP contribution in [0, 0.1) is 13.8 Å². The molecule has 1 unspecified atom stereocenters. The van der Waals surface area contributed by atoms with Crippen LogP contribution in [0.3, 0.4) is 0 Å². The number of ether oxygens (including phenoxy) is 1. The summed E-state index contributed by atoms with van der Waals surface area (Å²) in [4.78, 5) is 5.86. The Bertz CT molecular complexity index is 596. The van der Waals surface area contributed by atoms with Gasteiger partial charge in [0, 0.05) is 28.6 Å². The van der Waals surface area contributed by atoms with E-state index in [4.69, 9.17) is 27.9 Å². The molecule has 1 aromatic heterocycles. The molecule has 1 atom stereocenters. The zero-order chi connectivity index (χ0) is 15.4. The number of halogens is 2. The molecule has 0 saturated carbocycles. The molecule has 0 saturated heterocycles. The van der Waals surface area contributed by atoms with Crippen molar-refractivity contribution in [2.75, 3.05) is 20.3 Å². The van der Waals surface area contributed by atoms with Gasteiger partial charge in [-0.3, -0.25) is 0 Å². The van der Waals surface area contributed by atoms with Gasteiger partial charge in [-0.1, -0.05) is 23.2 Å². The van der Waals surface area contributed by atoms with E-state index < -0.39 is 0 Å². The minimum Gasteiger partial charge on any atom is -0.383 e. The molecule has 0 aliphatic rings. The third kappa shape index (κ3) is 4.18. The highest BCUT2D eigenvalue weighted by Crippen LogP contribution is 2.33. The van der Waals surface area contributed by atoms with E-state index in [1.54, 1.807) is 24.5 Å². The molecule has 2 aromatic rings. The first kappa shape index (κ1) is 16.7. The lowest BCUT2D eigenvalue weighted by atomic mass is 10.1. The van der Waals surface area contributed by atoms with Crippen molar-refractivity contribution in [3.8, 4) is 0 Å². The van der Waals surface area contributed by atoms with Crippen molar-refractivity contribution in [1.29, 1.82) is 0 Å². The molecule has 0 aliphatic carbocycles. The summed E-state index contributed by atoms with van der Waals surface area (Å²) in [6.45, 7) is 5.42. The van der Waals surface area contributed by atoms with E-state index in [0.29, 0.717) is 23.2 Å². The summed E-state index contributed by atoms with van der Waals surface area (Å²) in [6.07, 6.45) is 0. The smallest absolute Gasteiger partial charge is 0.115 e. The SMILES string of the molecule is COCCNC(c1nc(C)c(C)s1)c1cc(Cl)ccc1Cl. The maximum absolute atomic E-state index is 6.35. The van der Waals surface area contributed by atoms with Crippen molar-refractivity contribution in [3.05, 3.63) is 49.4 Å². The first-order valence-electron chi connectivity index (χ1n) is 6.64. The Labute approximate surface area is 139 Å². The quantitative estimate of drug-likeness (QED) is 0.789. The van der Waals surface area contributed by atoms with Gasteiger partial charge >= 0.3 is 0 Å². The van der Waals surface area contributed by atoms with Crippen LogP contribution in [0.1, 0.15) is 27.2 Å². The van der Waals surface area contributed by atoms with Gasteiger partial charge < -0.3 is 10.1 Å². The molecule has 1 heterocycles. The summed E-state index contributed by atoms with van der Waals surface area (Å²) in [5.41, 5.74) is 1.99. The molecule has 21 heavy (non-hydrogen) atoms. The number of aryl methyl sites for hydroxylation is 2. The van der Waals surface area contributed by atoms with Gasteiger partial charge in [0.1, 0.15) is 5.01 Å². The molecule has 2 rings (SSSR count). The second-order valence-electron chi connectivity index (χ2n) is 4.74. The van der Waals surface area contributed by atoms with Crippen LogP contribution in [0.5, 0.6) is 0 Å². The molecule has 6 heteroatoms. The summed E-state index contributed by atoms with van der Waals surface area (Å²) < 4.78 is 5.11. The number of rotatable bonds is 6. The van der Waals surface area contributed by atoms with Gasteiger partial charge in [0.2, 0.25) is 0 Å². The lowest BCUT2D eigenvalue weighted by Gasteiger charge is -2.18. The lowest BCUT2D eigenvalue weighted by Crippen LogP contribution is -2.26. The Morgan fingerprint density at radius 2 is 2.10 bits per heavy atom. The Morgan fingerprint density at radius 1 is 1.33 bits per heavy atom. The fraction of sp³-hybridized carbons (Fsp3) is 0.400. The minimum atomic E-state index is -0.0799. The molecule has 1 N–H and O–H groups in total. The Morgan fingerprint density at radius 3 is 2.71 bits per heavy atom. The van der Waals surface area contributed by atoms with E-state index in [2.05, 4.69) is 17.2 Å². The number of methoxy groups -OCH3 is 1. The average Bonchev–Trinajstić information content (AvgIpc) is 2.78. The van der Waals surface area contributed by atoms with Gasteiger partial charge in [-0.05, 0) is 37.6 Å². The number of benzene rings is 1. The highest BCUT2D eigenvalue weighted by Gasteiger charge is 2.21. The lowest BCUT2D eigenvalue weighted by molar-refractivity contribution is 0.197. The molecule has 0 radical (unpaired) electrons. The number of thiazole rings is 1. The molecule has 3 nitrogen and oxygen atoms in total. The van der Waals surface area contributed by atoms with E-state index in [-0.39, 0.29) is 6.04 Å². The van der Waals surface area contributed by atoms with Crippen LogP contribution >= 0.6 is 34.5 Å². The van der Waals surface area contributed by atoms with Crippen molar-refractivity contribution in [1.82, 2.24) is 10.3 Å². The van der Waals surface area contributed by atoms with E-state index >= 15 is 0 Å². The summed E-state index contributed by atoms with van der Waals surface area (Å²) in [7, 11) is 1.68. The molecule has 0 bridgehead atoms. The molecule has 114 valence electrons. The molecular weight excluding hydrogens is 327 g/mol. The number of hydrogen-bond donors (Lipinski definition) is 1. The highest BCUT2D eigenvalue weighted by molar-refractivity contribution is 7.11. The van der Waals surface area contributed by atoms with E-state index in [1.807, 2.05) is 19.1 Å². The number of nitrogens with zero attached hydrogens (tertiary/aromatic N) is 1. The first-order valence-corrected chi connectivity index (χ1v) is 8.21. The average molecular weight is 345 g/mol. The predicted octanol–water partition coefficient (Wildman–Crippen LogP) is 4.39. The van der Waals surface area contributed by atoms with Crippen molar-refractivity contribution < 1.29 is 4.74 Å². The Balaban J connectivity index is 2.37. The third-order valence-electron chi connectivity index (χ3n) is 3.22. The molecule has 0 spiro atoms. The molecule has 0 aliphatic heterocycles. The molecule has 1 aromatic carbocycles. The fourth-order valence-electron chi connectivity index (χ4n) is 1.99. The van der Waals surface area contributed by atoms with Crippen molar-refractivity contribution >= 4 is 34.5 Å². The molecule has 0 amide bonds. The minimum absolute atomic E-state index is 0.0799. The standard InChI is InChI=1S/C15H18Cl2N2OS/c1-9-10(2)21-15(19-9)14(18-6-7-20-3)12-8-11(16)4-5-13(12)17/h4-5,8,14,18H,6-7H2,1-3H3. The maximum atomic E-state index is 6.35. The largest absolute Gasteiger partial charge is 0.383 e. The number of nitrogens with one attached hydrogen (secondary N) is 1. The van der Waals surface area contributed by atoms with E-state index in [0.717, 1.165) is 16.3 Å². The summed E-state index contributed by atoms with van der Waals surface area (Å²) in [5, 5.41) is 5.78.